The van der Waals surface area contributed by atoms with E-state index < -0.39 is 0 Å². The van der Waals surface area contributed by atoms with E-state index in [-0.39, 0.29) is 6.04 Å². The van der Waals surface area contributed by atoms with E-state index in [9.17, 15) is 0 Å². The number of hydrogen-bond acceptors (Lipinski definition) is 5. The Morgan fingerprint density at radius 3 is 2.59 bits per heavy atom. The maximum Gasteiger partial charge on any atom is 0.195 e. The molecule has 6 heteroatoms. The Labute approximate surface area is 104 Å². The van der Waals surface area contributed by atoms with Crippen molar-refractivity contribution in [1.29, 1.82) is 0 Å². The van der Waals surface area contributed by atoms with Crippen LogP contribution in [0.2, 0.25) is 0 Å². The lowest BCUT2D eigenvalue weighted by molar-refractivity contribution is 0.763. The molecule has 0 aliphatic heterocycles. The monoisotopic (exact) mass is 249 g/mol. The summed E-state index contributed by atoms with van der Waals surface area (Å²) < 4.78 is 1.95. The van der Waals surface area contributed by atoms with E-state index in [0.29, 0.717) is 0 Å². The number of nitrogens with two attached hydrogens (primary N) is 1. The first-order chi connectivity index (χ1) is 8.08. The summed E-state index contributed by atoms with van der Waals surface area (Å²) in [6.07, 6.45) is 1.81. The molecule has 0 aliphatic rings. The number of pyridine rings is 1. The zero-order valence-corrected chi connectivity index (χ0v) is 10.9. The summed E-state index contributed by atoms with van der Waals surface area (Å²) in [5, 5.41) is 8.96. The van der Waals surface area contributed by atoms with Crippen molar-refractivity contribution < 1.29 is 0 Å². The van der Waals surface area contributed by atoms with Gasteiger partial charge in [0.25, 0.3) is 0 Å². The molecule has 2 heterocycles. The summed E-state index contributed by atoms with van der Waals surface area (Å²) >= 11 is 1.54. The van der Waals surface area contributed by atoms with Crippen molar-refractivity contribution in [3.63, 3.8) is 0 Å². The van der Waals surface area contributed by atoms with Gasteiger partial charge in [0.05, 0.1) is 5.69 Å². The molecular formula is C11H15N5S. The topological polar surface area (TPSA) is 69.6 Å². The van der Waals surface area contributed by atoms with Crippen molar-refractivity contribution in [3.05, 3.63) is 29.8 Å². The maximum atomic E-state index is 5.75. The third-order valence-electron chi connectivity index (χ3n) is 2.49. The Kier molecular flexibility index (Phi) is 3.44. The molecule has 0 saturated carbocycles. The third-order valence-corrected chi connectivity index (χ3v) is 3.50. The lowest BCUT2D eigenvalue weighted by atomic mass is 10.2. The van der Waals surface area contributed by atoms with Crippen LogP contribution in [0, 0.1) is 6.92 Å². The number of nitrogens with zero attached hydrogens (tertiary/aromatic N) is 4. The fourth-order valence-corrected chi connectivity index (χ4v) is 2.11. The van der Waals surface area contributed by atoms with Gasteiger partial charge >= 0.3 is 0 Å². The van der Waals surface area contributed by atoms with Gasteiger partial charge in [0.15, 0.2) is 5.16 Å². The molecule has 0 amide bonds. The molecule has 0 radical (unpaired) electrons. The van der Waals surface area contributed by atoms with Gasteiger partial charge in [0.1, 0.15) is 5.82 Å². The average molecular weight is 249 g/mol. The van der Waals surface area contributed by atoms with Crippen molar-refractivity contribution in [2.24, 2.45) is 12.8 Å². The van der Waals surface area contributed by atoms with Crippen LogP contribution < -0.4 is 5.73 Å². The minimum Gasteiger partial charge on any atom is -0.323 e. The lowest BCUT2D eigenvalue weighted by Gasteiger charge is -2.05. The van der Waals surface area contributed by atoms with Gasteiger partial charge in [-0.2, -0.15) is 0 Å². The van der Waals surface area contributed by atoms with Crippen molar-refractivity contribution in [2.75, 3.05) is 0 Å². The van der Waals surface area contributed by atoms with Crippen molar-refractivity contribution >= 4 is 11.8 Å². The second-order valence-corrected chi connectivity index (χ2v) is 4.94. The molecule has 2 rings (SSSR count). The maximum absolute atomic E-state index is 5.75. The number of aryl methyl sites for hydroxylation is 1. The van der Waals surface area contributed by atoms with E-state index in [4.69, 9.17) is 5.73 Å². The molecule has 2 N–H and O–H groups in total. The Bertz CT molecular complexity index is 503. The van der Waals surface area contributed by atoms with Crippen LogP contribution in [0.25, 0.3) is 0 Å². The largest absolute Gasteiger partial charge is 0.323 e. The lowest BCUT2D eigenvalue weighted by Crippen LogP contribution is -2.06. The molecule has 0 aromatic carbocycles. The Morgan fingerprint density at radius 1 is 1.35 bits per heavy atom. The van der Waals surface area contributed by atoms with E-state index in [0.717, 1.165) is 21.6 Å². The summed E-state index contributed by atoms with van der Waals surface area (Å²) in [4.78, 5) is 5.34. The molecule has 17 heavy (non-hydrogen) atoms. The van der Waals surface area contributed by atoms with Crippen molar-refractivity contribution in [1.82, 2.24) is 19.7 Å². The molecule has 0 bridgehead atoms. The third kappa shape index (κ3) is 2.65. The first-order valence-electron chi connectivity index (χ1n) is 5.33. The highest BCUT2D eigenvalue weighted by molar-refractivity contribution is 7.99. The van der Waals surface area contributed by atoms with Gasteiger partial charge in [-0.15, -0.1) is 10.2 Å². The minimum atomic E-state index is -0.0360. The molecular weight excluding hydrogens is 234 g/mol. The zero-order chi connectivity index (χ0) is 12.4. The SMILES string of the molecule is Cc1nnc(Sc2ccc([C@H](C)N)nc2)n1C. The highest BCUT2D eigenvalue weighted by Gasteiger charge is 2.07. The van der Waals surface area contributed by atoms with Gasteiger partial charge in [-0.1, -0.05) is 0 Å². The summed E-state index contributed by atoms with van der Waals surface area (Å²) in [5.41, 5.74) is 6.64. The Hall–Kier alpha value is -1.40. The fraction of sp³-hybridized carbons (Fsp3) is 0.364. The fourth-order valence-electron chi connectivity index (χ4n) is 1.30. The minimum absolute atomic E-state index is 0.0360. The smallest absolute Gasteiger partial charge is 0.195 e. The van der Waals surface area contributed by atoms with Gasteiger partial charge < -0.3 is 10.3 Å². The van der Waals surface area contributed by atoms with Crippen LogP contribution in [0.1, 0.15) is 24.5 Å². The molecule has 2 aromatic rings. The van der Waals surface area contributed by atoms with Crippen molar-refractivity contribution in [3.8, 4) is 0 Å². The second kappa shape index (κ2) is 4.85. The molecule has 90 valence electrons. The zero-order valence-electron chi connectivity index (χ0n) is 10.1. The molecule has 5 nitrogen and oxygen atoms in total. The number of aromatic nitrogens is 4. The van der Waals surface area contributed by atoms with Gasteiger partial charge in [-0.25, -0.2) is 0 Å². The standard InChI is InChI=1S/C11H15N5S/c1-7(12)10-5-4-9(6-13-10)17-11-15-14-8(2)16(11)3/h4-7H,12H2,1-3H3/t7-/m0/s1. The van der Waals surface area contributed by atoms with E-state index in [1.54, 1.807) is 11.8 Å². The Balaban J connectivity index is 2.17. The first-order valence-corrected chi connectivity index (χ1v) is 6.15. The molecule has 0 unspecified atom stereocenters. The van der Waals surface area contributed by atoms with Crippen LogP contribution in [0.15, 0.2) is 28.4 Å². The van der Waals surface area contributed by atoms with E-state index >= 15 is 0 Å². The summed E-state index contributed by atoms with van der Waals surface area (Å²) in [6.45, 7) is 3.84. The quantitative estimate of drug-likeness (QED) is 0.896. The van der Waals surface area contributed by atoms with Crippen LogP contribution in [-0.2, 0) is 7.05 Å². The van der Waals surface area contributed by atoms with Gasteiger partial charge in [0, 0.05) is 24.2 Å². The second-order valence-electron chi connectivity index (χ2n) is 3.90. The van der Waals surface area contributed by atoms with E-state index in [1.165, 1.54) is 0 Å². The molecule has 0 saturated heterocycles. The Morgan fingerprint density at radius 2 is 2.12 bits per heavy atom. The average Bonchev–Trinajstić information content (AvgIpc) is 2.62. The molecule has 1 atom stereocenters. The van der Waals surface area contributed by atoms with Gasteiger partial charge in [-0.05, 0) is 37.7 Å². The molecule has 0 spiro atoms. The predicted molar refractivity (Wildman–Crippen MR) is 66.7 cm³/mol. The van der Waals surface area contributed by atoms with E-state index in [2.05, 4.69) is 15.2 Å². The predicted octanol–water partition coefficient (Wildman–Crippen LogP) is 1.69. The highest BCUT2D eigenvalue weighted by atomic mass is 32.2. The van der Waals surface area contributed by atoms with E-state index in [1.807, 2.05) is 43.8 Å². The summed E-state index contributed by atoms with van der Waals surface area (Å²) in [5.74, 6) is 0.896. The van der Waals surface area contributed by atoms with Gasteiger partial charge in [0.2, 0.25) is 0 Å². The first kappa shape index (κ1) is 12.1. The molecule has 2 aromatic heterocycles. The molecule has 0 aliphatic carbocycles. The number of rotatable bonds is 3. The molecule has 0 fully saturated rings. The van der Waals surface area contributed by atoms with Crippen LogP contribution in [0.4, 0.5) is 0 Å². The van der Waals surface area contributed by atoms with Gasteiger partial charge in [-0.3, -0.25) is 4.98 Å². The highest BCUT2D eigenvalue weighted by Crippen LogP contribution is 2.25. The van der Waals surface area contributed by atoms with Crippen molar-refractivity contribution in [2.45, 2.75) is 29.9 Å². The van der Waals surface area contributed by atoms with Crippen LogP contribution in [0.3, 0.4) is 0 Å². The van der Waals surface area contributed by atoms with Crippen LogP contribution in [0.5, 0.6) is 0 Å². The van der Waals surface area contributed by atoms with Crippen LogP contribution in [-0.4, -0.2) is 19.7 Å². The summed E-state index contributed by atoms with van der Waals surface area (Å²) in [7, 11) is 1.95. The van der Waals surface area contributed by atoms with Crippen LogP contribution >= 0.6 is 11.8 Å². The number of hydrogen-bond donors (Lipinski definition) is 1. The summed E-state index contributed by atoms with van der Waals surface area (Å²) in [6, 6.07) is 3.91. The normalized spacial score (nSPS) is 12.7.